The average Bonchev–Trinajstić information content (AvgIpc) is 3.24. The molecule has 5 heteroatoms. The van der Waals surface area contributed by atoms with Crippen molar-refractivity contribution in [3.05, 3.63) is 170 Å². The minimum absolute atomic E-state index is 0.0000216. The first-order valence-corrected chi connectivity index (χ1v) is 20.9. The largest absolute Gasteiger partial charge is 0.453 e. The van der Waals surface area contributed by atoms with Crippen molar-refractivity contribution in [1.29, 1.82) is 0 Å². The van der Waals surface area contributed by atoms with Crippen LogP contribution in [-0.2, 0) is 0 Å². The zero-order valence-electron chi connectivity index (χ0n) is 36.6. The molecule has 9 rings (SSSR count). The normalized spacial score (nSPS) is 12.6. The summed E-state index contributed by atoms with van der Waals surface area (Å²) in [5.41, 5.74) is 26.7. The van der Waals surface area contributed by atoms with Gasteiger partial charge < -0.3 is 19.3 Å². The first kappa shape index (κ1) is 38.3. The number of fused-ring (bicyclic) bond motifs is 4. The summed E-state index contributed by atoms with van der Waals surface area (Å²) in [6, 6.07) is 36.0. The Morgan fingerprint density at radius 3 is 0.864 bits per heavy atom. The Morgan fingerprint density at radius 2 is 0.576 bits per heavy atom. The van der Waals surface area contributed by atoms with Crippen molar-refractivity contribution >= 4 is 57.2 Å². The van der Waals surface area contributed by atoms with Gasteiger partial charge in [-0.15, -0.1) is 0 Å². The molecule has 7 aromatic carbocycles. The van der Waals surface area contributed by atoms with E-state index in [1.165, 1.54) is 94.5 Å². The highest BCUT2D eigenvalue weighted by Gasteiger charge is 2.38. The van der Waals surface area contributed by atoms with Crippen molar-refractivity contribution in [2.24, 2.45) is 0 Å². The SMILES string of the molecule is Cc1cc(C)c(C)c(B(c2c(C)c(C)c(N3c4ccccc4Oc4ccccc43)c(C)c2C)c2c(C)c(C)c(N3c4ccccc4Oc4ccccc43)c(C)c2C)c1C. The van der Waals surface area contributed by atoms with E-state index in [-0.39, 0.29) is 6.71 Å². The minimum Gasteiger partial charge on any atom is -0.453 e. The summed E-state index contributed by atoms with van der Waals surface area (Å²) in [7, 11) is 0. The first-order chi connectivity index (χ1) is 28.3. The molecule has 0 bridgehead atoms. The quantitative estimate of drug-likeness (QED) is 0.163. The van der Waals surface area contributed by atoms with Crippen LogP contribution in [0, 0.1) is 83.1 Å². The van der Waals surface area contributed by atoms with Crippen molar-refractivity contribution < 1.29 is 9.47 Å². The van der Waals surface area contributed by atoms with Crippen LogP contribution in [0.5, 0.6) is 23.0 Å². The molecule has 0 saturated carbocycles. The van der Waals surface area contributed by atoms with E-state index in [1.807, 2.05) is 0 Å². The lowest BCUT2D eigenvalue weighted by atomic mass is 9.32. The molecular formula is C54H53BN2O2. The standard InChI is InChI=1S/C54H53BN2O2/c1-30-29-31(2)33(4)50(32(30)3)55(51-34(5)38(9)53(39(10)35(51)6)56-42-21-13-17-25-46(42)58-47-26-18-14-22-43(47)56)52-36(7)40(11)54(41(12)37(52)8)57-44-23-15-19-27-48(44)59-49-28-20-16-24-45(49)57/h13-29H,1-12H3. The lowest BCUT2D eigenvalue weighted by molar-refractivity contribution is 0.476. The van der Waals surface area contributed by atoms with Crippen molar-refractivity contribution in [2.75, 3.05) is 9.80 Å². The molecule has 0 aromatic heterocycles. The third-order valence-electron chi connectivity index (χ3n) is 13.9. The highest BCUT2D eigenvalue weighted by atomic mass is 16.5. The molecule has 0 unspecified atom stereocenters. The van der Waals surface area contributed by atoms with Gasteiger partial charge in [0, 0.05) is 0 Å². The molecule has 294 valence electrons. The van der Waals surface area contributed by atoms with Gasteiger partial charge in [-0.25, -0.2) is 0 Å². The fourth-order valence-electron chi connectivity index (χ4n) is 10.2. The Kier molecular flexibility index (Phi) is 9.27. The molecule has 0 saturated heterocycles. The Morgan fingerprint density at radius 1 is 0.322 bits per heavy atom. The van der Waals surface area contributed by atoms with Crippen LogP contribution in [0.1, 0.15) is 66.8 Å². The number of aryl methyl sites for hydroxylation is 2. The van der Waals surface area contributed by atoms with E-state index in [0.717, 1.165) is 45.7 Å². The van der Waals surface area contributed by atoms with Gasteiger partial charge in [-0.1, -0.05) is 104 Å². The number of para-hydroxylation sites is 8. The van der Waals surface area contributed by atoms with Gasteiger partial charge >= 0.3 is 0 Å². The maximum absolute atomic E-state index is 6.48. The van der Waals surface area contributed by atoms with E-state index >= 15 is 0 Å². The van der Waals surface area contributed by atoms with E-state index in [9.17, 15) is 0 Å². The summed E-state index contributed by atoms with van der Waals surface area (Å²) in [6.07, 6.45) is 0. The maximum atomic E-state index is 6.48. The average molecular weight is 773 g/mol. The smallest absolute Gasteiger partial charge is 0.243 e. The zero-order valence-corrected chi connectivity index (χ0v) is 36.6. The highest BCUT2D eigenvalue weighted by molar-refractivity contribution is 6.97. The van der Waals surface area contributed by atoms with Crippen LogP contribution in [0.3, 0.4) is 0 Å². The topological polar surface area (TPSA) is 24.9 Å². The molecule has 0 N–H and O–H groups in total. The predicted octanol–water partition coefficient (Wildman–Crippen LogP) is 13.1. The molecule has 0 atom stereocenters. The van der Waals surface area contributed by atoms with Gasteiger partial charge in [0.25, 0.3) is 0 Å². The minimum atomic E-state index is 0.0000216. The molecule has 0 amide bonds. The highest BCUT2D eigenvalue weighted by Crippen LogP contribution is 2.54. The lowest BCUT2D eigenvalue weighted by Gasteiger charge is -2.38. The van der Waals surface area contributed by atoms with E-state index in [2.05, 4.69) is 196 Å². The van der Waals surface area contributed by atoms with Gasteiger partial charge in [-0.05, 0) is 165 Å². The van der Waals surface area contributed by atoms with Crippen LogP contribution in [-0.4, -0.2) is 6.71 Å². The van der Waals surface area contributed by atoms with E-state index in [4.69, 9.17) is 9.47 Å². The number of rotatable bonds is 5. The van der Waals surface area contributed by atoms with Crippen LogP contribution in [0.4, 0.5) is 34.1 Å². The van der Waals surface area contributed by atoms with Crippen molar-refractivity contribution in [3.8, 4) is 23.0 Å². The lowest BCUT2D eigenvalue weighted by Crippen LogP contribution is -2.58. The Balaban J connectivity index is 1.34. The zero-order chi connectivity index (χ0) is 41.6. The number of anilines is 6. The Hall–Kier alpha value is -6.20. The fraction of sp³-hybridized carbons (Fsp3) is 0.222. The van der Waals surface area contributed by atoms with Crippen LogP contribution in [0.25, 0.3) is 0 Å². The van der Waals surface area contributed by atoms with Crippen molar-refractivity contribution in [1.82, 2.24) is 0 Å². The van der Waals surface area contributed by atoms with Crippen LogP contribution < -0.4 is 35.7 Å². The molecular weight excluding hydrogens is 719 g/mol. The third kappa shape index (κ3) is 5.73. The number of hydrogen-bond acceptors (Lipinski definition) is 4. The summed E-state index contributed by atoms with van der Waals surface area (Å²) in [6.45, 7) is 28.0. The Labute approximate surface area is 351 Å². The van der Waals surface area contributed by atoms with Crippen molar-refractivity contribution in [3.63, 3.8) is 0 Å². The summed E-state index contributed by atoms with van der Waals surface area (Å²) in [5, 5.41) is 0. The molecule has 7 aromatic rings. The van der Waals surface area contributed by atoms with E-state index in [0.29, 0.717) is 0 Å². The van der Waals surface area contributed by atoms with Gasteiger partial charge in [0.15, 0.2) is 23.0 Å². The predicted molar refractivity (Wildman–Crippen MR) is 250 cm³/mol. The number of ether oxygens (including phenoxy) is 2. The van der Waals surface area contributed by atoms with Gasteiger partial charge in [0.05, 0.1) is 34.1 Å². The molecule has 2 heterocycles. The van der Waals surface area contributed by atoms with Gasteiger partial charge in [0.2, 0.25) is 6.71 Å². The molecule has 4 nitrogen and oxygen atoms in total. The third-order valence-corrected chi connectivity index (χ3v) is 13.9. The molecule has 0 aliphatic carbocycles. The maximum Gasteiger partial charge on any atom is 0.243 e. The number of benzene rings is 7. The second kappa shape index (κ2) is 14.3. The first-order valence-electron chi connectivity index (χ1n) is 20.9. The van der Waals surface area contributed by atoms with Gasteiger partial charge in [-0.3, -0.25) is 0 Å². The van der Waals surface area contributed by atoms with Crippen LogP contribution in [0.2, 0.25) is 0 Å². The van der Waals surface area contributed by atoms with Gasteiger partial charge in [-0.2, -0.15) is 0 Å². The molecule has 2 aliphatic heterocycles. The molecule has 2 aliphatic rings. The second-order valence-electron chi connectivity index (χ2n) is 16.9. The van der Waals surface area contributed by atoms with Crippen molar-refractivity contribution in [2.45, 2.75) is 83.1 Å². The summed E-state index contributed by atoms with van der Waals surface area (Å²) in [5.74, 6) is 3.47. The van der Waals surface area contributed by atoms with Gasteiger partial charge in [0.1, 0.15) is 0 Å². The summed E-state index contributed by atoms with van der Waals surface area (Å²) < 4.78 is 13.0. The number of nitrogens with zero attached hydrogens (tertiary/aromatic N) is 2. The Bertz CT molecular complexity index is 2550. The van der Waals surface area contributed by atoms with E-state index in [1.54, 1.807) is 0 Å². The molecule has 0 fully saturated rings. The second-order valence-corrected chi connectivity index (χ2v) is 16.9. The molecule has 0 radical (unpaired) electrons. The van der Waals surface area contributed by atoms with E-state index < -0.39 is 0 Å². The number of hydrogen-bond donors (Lipinski definition) is 0. The monoisotopic (exact) mass is 772 g/mol. The van der Waals surface area contributed by atoms with Crippen LogP contribution >= 0.6 is 0 Å². The molecule has 0 spiro atoms. The fourth-order valence-corrected chi connectivity index (χ4v) is 10.2. The summed E-state index contributed by atoms with van der Waals surface area (Å²) >= 11 is 0. The molecule has 59 heavy (non-hydrogen) atoms. The van der Waals surface area contributed by atoms with Crippen LogP contribution in [0.15, 0.2) is 103 Å². The summed E-state index contributed by atoms with van der Waals surface area (Å²) in [4.78, 5) is 4.87.